The van der Waals surface area contributed by atoms with Crippen LogP contribution in [0, 0.1) is 0 Å². The van der Waals surface area contributed by atoms with Gasteiger partial charge in [-0.1, -0.05) is 60.1 Å². The van der Waals surface area contributed by atoms with Gasteiger partial charge in [0, 0.05) is 11.1 Å². The number of carbonyl (C=O) groups is 1. The van der Waals surface area contributed by atoms with Crippen molar-refractivity contribution < 1.29 is 4.79 Å². The molecule has 0 radical (unpaired) electrons. The second kappa shape index (κ2) is 7.97. The predicted molar refractivity (Wildman–Crippen MR) is 101 cm³/mol. The summed E-state index contributed by atoms with van der Waals surface area (Å²) in [5.41, 5.74) is 1.67. The smallest absolute Gasteiger partial charge is 0.272 e. The first-order chi connectivity index (χ1) is 12.5. The van der Waals surface area contributed by atoms with Gasteiger partial charge in [-0.05, 0) is 30.2 Å². The Morgan fingerprint density at radius 2 is 1.77 bits per heavy atom. The highest BCUT2D eigenvalue weighted by Gasteiger charge is 2.15. The fraction of sp³-hybridized carbons (Fsp3) is 0.150. The van der Waals surface area contributed by atoms with Gasteiger partial charge in [-0.2, -0.15) is 5.10 Å². The Bertz CT molecular complexity index is 970. The van der Waals surface area contributed by atoms with E-state index in [0.717, 1.165) is 11.1 Å². The highest BCUT2D eigenvalue weighted by molar-refractivity contribution is 6.31. The maximum absolute atomic E-state index is 12.5. The highest BCUT2D eigenvalue weighted by Crippen LogP contribution is 2.22. The molecule has 6 heteroatoms. The van der Waals surface area contributed by atoms with Crippen molar-refractivity contribution in [2.24, 2.45) is 0 Å². The molecule has 3 rings (SSSR count). The summed E-state index contributed by atoms with van der Waals surface area (Å²) in [6, 6.07) is 19.3. The molecule has 5 nitrogen and oxygen atoms in total. The number of carbonyl (C=O) groups excluding carboxylic acids is 1. The second-order valence-electron chi connectivity index (χ2n) is 5.92. The van der Waals surface area contributed by atoms with Gasteiger partial charge in [0.25, 0.3) is 11.5 Å². The maximum atomic E-state index is 12.5. The van der Waals surface area contributed by atoms with Gasteiger partial charge in [-0.3, -0.25) is 9.59 Å². The molecular weight excluding hydrogens is 350 g/mol. The number of nitrogens with one attached hydrogen (secondary N) is 1. The van der Waals surface area contributed by atoms with Crippen molar-refractivity contribution in [1.29, 1.82) is 0 Å². The van der Waals surface area contributed by atoms with Crippen LogP contribution in [0.1, 0.15) is 34.6 Å². The van der Waals surface area contributed by atoms with Crippen LogP contribution in [0.15, 0.2) is 71.5 Å². The standard InChI is InChI=1S/C20H18ClN3O2/c1-14(16-9-5-6-10-17(16)21)22-20(26)18-11-12-19(25)24(23-18)13-15-7-3-2-4-8-15/h2-12,14H,13H2,1H3,(H,22,26)/t14-/m0/s1. The van der Waals surface area contributed by atoms with Crippen LogP contribution < -0.4 is 10.9 Å². The minimum Gasteiger partial charge on any atom is -0.344 e. The third-order valence-electron chi connectivity index (χ3n) is 3.99. The van der Waals surface area contributed by atoms with Gasteiger partial charge in [-0.25, -0.2) is 4.68 Å². The van der Waals surface area contributed by atoms with Crippen molar-refractivity contribution in [3.05, 3.63) is 98.9 Å². The monoisotopic (exact) mass is 367 g/mol. The van der Waals surface area contributed by atoms with E-state index >= 15 is 0 Å². The minimum absolute atomic E-state index is 0.180. The number of halogens is 1. The van der Waals surface area contributed by atoms with E-state index in [4.69, 9.17) is 11.6 Å². The predicted octanol–water partition coefficient (Wildman–Crippen LogP) is 3.44. The van der Waals surface area contributed by atoms with Gasteiger partial charge in [0.2, 0.25) is 0 Å². The Hall–Kier alpha value is -2.92. The normalized spacial score (nSPS) is 11.8. The topological polar surface area (TPSA) is 64.0 Å². The van der Waals surface area contributed by atoms with Crippen LogP contribution in [0.4, 0.5) is 0 Å². The van der Waals surface area contributed by atoms with Gasteiger partial charge < -0.3 is 5.32 Å². The Morgan fingerprint density at radius 3 is 2.50 bits per heavy atom. The molecule has 0 bridgehead atoms. The molecule has 3 aromatic rings. The molecule has 0 aliphatic heterocycles. The summed E-state index contributed by atoms with van der Waals surface area (Å²) in [6.45, 7) is 2.15. The zero-order valence-corrected chi connectivity index (χ0v) is 15.0. The van der Waals surface area contributed by atoms with Gasteiger partial charge in [0.1, 0.15) is 5.69 Å². The molecule has 0 aliphatic rings. The number of aromatic nitrogens is 2. The lowest BCUT2D eigenvalue weighted by Crippen LogP contribution is -2.31. The van der Waals surface area contributed by atoms with Gasteiger partial charge in [-0.15, -0.1) is 0 Å². The Morgan fingerprint density at radius 1 is 1.08 bits per heavy atom. The minimum atomic E-state index is -0.362. The van der Waals surface area contributed by atoms with Crippen molar-refractivity contribution in [3.63, 3.8) is 0 Å². The van der Waals surface area contributed by atoms with E-state index in [0.29, 0.717) is 11.6 Å². The largest absolute Gasteiger partial charge is 0.344 e. The number of rotatable bonds is 5. The number of hydrogen-bond acceptors (Lipinski definition) is 3. The molecule has 0 aliphatic carbocycles. The maximum Gasteiger partial charge on any atom is 0.272 e. The van der Waals surface area contributed by atoms with Crippen molar-refractivity contribution in [1.82, 2.24) is 15.1 Å². The summed E-state index contributed by atoms with van der Waals surface area (Å²) in [5, 5.41) is 7.64. The molecule has 1 heterocycles. The first-order valence-corrected chi connectivity index (χ1v) is 8.60. The second-order valence-corrected chi connectivity index (χ2v) is 6.32. The molecule has 0 spiro atoms. The molecule has 0 fully saturated rings. The number of nitrogens with zero attached hydrogens (tertiary/aromatic N) is 2. The van der Waals surface area contributed by atoms with Crippen LogP contribution in [-0.4, -0.2) is 15.7 Å². The number of benzene rings is 2. The fourth-order valence-electron chi connectivity index (χ4n) is 2.61. The summed E-state index contributed by atoms with van der Waals surface area (Å²) in [4.78, 5) is 24.6. The SMILES string of the molecule is C[C@H](NC(=O)c1ccc(=O)n(Cc2ccccc2)n1)c1ccccc1Cl. The van der Waals surface area contributed by atoms with Crippen LogP contribution >= 0.6 is 11.6 Å². The summed E-state index contributed by atoms with van der Waals surface area (Å²) in [6.07, 6.45) is 0. The van der Waals surface area contributed by atoms with E-state index in [1.165, 1.54) is 16.8 Å². The van der Waals surface area contributed by atoms with E-state index in [9.17, 15) is 9.59 Å². The van der Waals surface area contributed by atoms with Crippen molar-refractivity contribution >= 4 is 17.5 Å². The molecule has 1 amide bonds. The third kappa shape index (κ3) is 4.18. The van der Waals surface area contributed by atoms with E-state index in [-0.39, 0.29) is 23.2 Å². The van der Waals surface area contributed by atoms with Crippen LogP contribution in [-0.2, 0) is 6.54 Å². The molecule has 0 unspecified atom stereocenters. The van der Waals surface area contributed by atoms with E-state index in [1.807, 2.05) is 55.5 Å². The lowest BCUT2D eigenvalue weighted by Gasteiger charge is -2.15. The molecule has 0 saturated heterocycles. The zero-order chi connectivity index (χ0) is 18.5. The molecule has 26 heavy (non-hydrogen) atoms. The van der Waals surface area contributed by atoms with Gasteiger partial charge in [0.05, 0.1) is 12.6 Å². The molecule has 1 aromatic heterocycles. The van der Waals surface area contributed by atoms with Gasteiger partial charge in [0.15, 0.2) is 0 Å². The molecule has 1 N–H and O–H groups in total. The zero-order valence-electron chi connectivity index (χ0n) is 14.2. The summed E-state index contributed by atoms with van der Waals surface area (Å²) in [5.74, 6) is -0.362. The van der Waals surface area contributed by atoms with Crippen molar-refractivity contribution in [2.75, 3.05) is 0 Å². The first-order valence-electron chi connectivity index (χ1n) is 8.22. The van der Waals surface area contributed by atoms with Crippen LogP contribution in [0.25, 0.3) is 0 Å². The molecule has 0 saturated carbocycles. The summed E-state index contributed by atoms with van der Waals surface area (Å²) >= 11 is 6.17. The van der Waals surface area contributed by atoms with E-state index in [2.05, 4.69) is 10.4 Å². The van der Waals surface area contributed by atoms with E-state index < -0.39 is 0 Å². The number of hydrogen-bond donors (Lipinski definition) is 1. The lowest BCUT2D eigenvalue weighted by atomic mass is 10.1. The molecule has 132 valence electrons. The van der Waals surface area contributed by atoms with Crippen LogP contribution in [0.2, 0.25) is 5.02 Å². The summed E-state index contributed by atoms with van der Waals surface area (Å²) < 4.78 is 1.28. The fourth-order valence-corrected chi connectivity index (χ4v) is 2.91. The van der Waals surface area contributed by atoms with Crippen molar-refractivity contribution in [2.45, 2.75) is 19.5 Å². The number of amides is 1. The van der Waals surface area contributed by atoms with Crippen molar-refractivity contribution in [3.8, 4) is 0 Å². The Kier molecular flexibility index (Phi) is 5.49. The average molecular weight is 368 g/mol. The summed E-state index contributed by atoms with van der Waals surface area (Å²) in [7, 11) is 0. The van der Waals surface area contributed by atoms with Crippen LogP contribution in [0.5, 0.6) is 0 Å². The first kappa shape index (κ1) is 17.9. The molecule has 1 atom stereocenters. The Balaban J connectivity index is 1.78. The van der Waals surface area contributed by atoms with Gasteiger partial charge >= 0.3 is 0 Å². The molecule has 2 aromatic carbocycles. The average Bonchev–Trinajstić information content (AvgIpc) is 2.64. The highest BCUT2D eigenvalue weighted by atomic mass is 35.5. The third-order valence-corrected chi connectivity index (χ3v) is 4.34. The Labute approximate surface area is 156 Å². The lowest BCUT2D eigenvalue weighted by molar-refractivity contribution is 0.0932. The quantitative estimate of drug-likeness (QED) is 0.751. The van der Waals surface area contributed by atoms with Crippen LogP contribution in [0.3, 0.4) is 0 Å². The van der Waals surface area contributed by atoms with E-state index in [1.54, 1.807) is 6.07 Å². The molecular formula is C20H18ClN3O2.